The molecule has 0 unspecified atom stereocenters. The number of likely N-dealkylation sites (N-methyl/N-ethyl adjacent to an activating group) is 1. The van der Waals surface area contributed by atoms with Crippen LogP contribution in [0.25, 0.3) is 0 Å². The van der Waals surface area contributed by atoms with Gasteiger partial charge in [-0.15, -0.1) is 0 Å². The summed E-state index contributed by atoms with van der Waals surface area (Å²) in [5.41, 5.74) is 0.677. The van der Waals surface area contributed by atoms with Gasteiger partial charge in [-0.2, -0.15) is 0 Å². The van der Waals surface area contributed by atoms with Crippen molar-refractivity contribution in [2.45, 2.75) is 82.1 Å². The maximum atomic E-state index is 12.7. The number of hydrogen-bond donors (Lipinski definition) is 1. The van der Waals surface area contributed by atoms with Crippen LogP contribution in [-0.4, -0.2) is 27.4 Å². The molecule has 1 saturated carbocycles. The molecule has 0 radical (unpaired) electrons. The summed E-state index contributed by atoms with van der Waals surface area (Å²) in [5.74, 6) is -0.108. The summed E-state index contributed by atoms with van der Waals surface area (Å²) in [4.78, 5) is 14.0. The summed E-state index contributed by atoms with van der Waals surface area (Å²) in [5, 5.41) is 0. The van der Waals surface area contributed by atoms with Crippen LogP contribution >= 0.6 is 0 Å². The van der Waals surface area contributed by atoms with Gasteiger partial charge in [-0.25, -0.2) is 13.1 Å². The molecule has 1 N–H and O–H groups in total. The van der Waals surface area contributed by atoms with Crippen LogP contribution in [0, 0.1) is 0 Å². The zero-order valence-corrected chi connectivity index (χ0v) is 18.0. The molecule has 2 rings (SSSR count). The highest BCUT2D eigenvalue weighted by molar-refractivity contribution is 7.89. The largest absolute Gasteiger partial charge is 0.312 e. The van der Waals surface area contributed by atoms with E-state index in [-0.39, 0.29) is 16.8 Å². The molecule has 6 heteroatoms. The van der Waals surface area contributed by atoms with Crippen molar-refractivity contribution in [3.8, 4) is 0 Å². The van der Waals surface area contributed by atoms with Crippen LogP contribution < -0.4 is 9.62 Å². The van der Waals surface area contributed by atoms with Gasteiger partial charge in [0.25, 0.3) is 0 Å². The summed E-state index contributed by atoms with van der Waals surface area (Å²) < 4.78 is 28.2. The molecule has 0 aliphatic heterocycles. The topological polar surface area (TPSA) is 66.5 Å². The summed E-state index contributed by atoms with van der Waals surface area (Å²) in [7, 11) is -1.83. The first-order valence-corrected chi connectivity index (χ1v) is 12.0. The average Bonchev–Trinajstić information content (AvgIpc) is 2.95. The van der Waals surface area contributed by atoms with E-state index in [0.29, 0.717) is 5.69 Å². The first-order chi connectivity index (χ1) is 13.4. The Morgan fingerprint density at radius 3 is 2.36 bits per heavy atom. The molecule has 0 heterocycles. The lowest BCUT2D eigenvalue weighted by Gasteiger charge is -2.18. The minimum absolute atomic E-state index is 0.0225. The summed E-state index contributed by atoms with van der Waals surface area (Å²) in [6, 6.07) is 6.54. The summed E-state index contributed by atoms with van der Waals surface area (Å²) in [6.45, 7) is 2.15. The Hall–Kier alpha value is -1.66. The van der Waals surface area contributed by atoms with Crippen molar-refractivity contribution >= 4 is 21.6 Å². The Balaban J connectivity index is 1.96. The van der Waals surface area contributed by atoms with Crippen molar-refractivity contribution in [3.05, 3.63) is 36.4 Å². The molecule has 0 aromatic heterocycles. The van der Waals surface area contributed by atoms with Crippen LogP contribution in [0.4, 0.5) is 5.69 Å². The number of amides is 1. The molecule has 1 amide bonds. The second kappa shape index (κ2) is 11.4. The SMILES string of the molecule is CCCCC/C=C/C(=O)N(C)c1ccc(S(=O)(=O)NC2CCCCCC2)cc1. The van der Waals surface area contributed by atoms with Crippen LogP contribution in [0.1, 0.15) is 71.1 Å². The Morgan fingerprint density at radius 1 is 1.11 bits per heavy atom. The van der Waals surface area contributed by atoms with Crippen molar-refractivity contribution in [2.75, 3.05) is 11.9 Å². The summed E-state index contributed by atoms with van der Waals surface area (Å²) in [6.07, 6.45) is 14.1. The molecule has 1 fully saturated rings. The zero-order valence-electron chi connectivity index (χ0n) is 17.2. The molecule has 1 aromatic rings. The molecule has 28 heavy (non-hydrogen) atoms. The van der Waals surface area contributed by atoms with Crippen LogP contribution in [0.2, 0.25) is 0 Å². The fourth-order valence-electron chi connectivity index (χ4n) is 3.47. The smallest absolute Gasteiger partial charge is 0.250 e. The van der Waals surface area contributed by atoms with Crippen molar-refractivity contribution in [1.29, 1.82) is 0 Å². The number of anilines is 1. The van der Waals surface area contributed by atoms with E-state index >= 15 is 0 Å². The van der Waals surface area contributed by atoms with Crippen molar-refractivity contribution in [1.82, 2.24) is 4.72 Å². The monoisotopic (exact) mass is 406 g/mol. The van der Waals surface area contributed by atoms with Gasteiger partial charge in [0.2, 0.25) is 15.9 Å². The fraction of sp³-hybridized carbons (Fsp3) is 0.591. The molecule has 1 aliphatic carbocycles. The van der Waals surface area contributed by atoms with Crippen LogP contribution in [0.15, 0.2) is 41.3 Å². The lowest BCUT2D eigenvalue weighted by atomic mass is 10.1. The molecule has 156 valence electrons. The van der Waals surface area contributed by atoms with E-state index in [2.05, 4.69) is 11.6 Å². The number of carbonyl (C=O) groups excluding carboxylic acids is 1. The highest BCUT2D eigenvalue weighted by atomic mass is 32.2. The highest BCUT2D eigenvalue weighted by Gasteiger charge is 2.21. The number of nitrogens with zero attached hydrogens (tertiary/aromatic N) is 1. The number of sulfonamides is 1. The van der Waals surface area contributed by atoms with E-state index in [0.717, 1.165) is 44.9 Å². The van der Waals surface area contributed by atoms with Crippen molar-refractivity contribution < 1.29 is 13.2 Å². The highest BCUT2D eigenvalue weighted by Crippen LogP contribution is 2.21. The quantitative estimate of drug-likeness (QED) is 0.364. The van der Waals surface area contributed by atoms with E-state index in [1.54, 1.807) is 37.4 Å². The molecule has 0 atom stereocenters. The van der Waals surface area contributed by atoms with E-state index in [9.17, 15) is 13.2 Å². The third-order valence-electron chi connectivity index (χ3n) is 5.28. The van der Waals surface area contributed by atoms with Crippen LogP contribution in [-0.2, 0) is 14.8 Å². The number of rotatable bonds is 9. The average molecular weight is 407 g/mol. The van der Waals surface area contributed by atoms with Crippen LogP contribution in [0.5, 0.6) is 0 Å². The Morgan fingerprint density at radius 2 is 1.75 bits per heavy atom. The fourth-order valence-corrected chi connectivity index (χ4v) is 4.77. The third-order valence-corrected chi connectivity index (χ3v) is 6.81. The third kappa shape index (κ3) is 7.06. The first kappa shape index (κ1) is 22.6. The van der Waals surface area contributed by atoms with Crippen LogP contribution in [0.3, 0.4) is 0 Å². The van der Waals surface area contributed by atoms with Crippen molar-refractivity contribution in [2.24, 2.45) is 0 Å². The molecule has 1 aromatic carbocycles. The Kier molecular flexibility index (Phi) is 9.19. The maximum absolute atomic E-state index is 12.7. The zero-order chi connectivity index (χ0) is 20.4. The van der Waals surface area contributed by atoms with Gasteiger partial charge >= 0.3 is 0 Å². The molecule has 0 spiro atoms. The molecule has 0 saturated heterocycles. The normalized spacial score (nSPS) is 16.2. The van der Waals surface area contributed by atoms with E-state index < -0.39 is 10.0 Å². The van der Waals surface area contributed by atoms with Gasteiger partial charge in [0, 0.05) is 18.8 Å². The minimum Gasteiger partial charge on any atom is -0.312 e. The Bertz CT molecular complexity index is 734. The molecule has 1 aliphatic rings. The summed E-state index contributed by atoms with van der Waals surface area (Å²) >= 11 is 0. The van der Waals surface area contributed by atoms with E-state index in [1.165, 1.54) is 24.2 Å². The molecule has 5 nitrogen and oxygen atoms in total. The number of benzene rings is 1. The lowest BCUT2D eigenvalue weighted by molar-refractivity contribution is -0.113. The first-order valence-electron chi connectivity index (χ1n) is 10.5. The second-order valence-corrected chi connectivity index (χ2v) is 9.31. The van der Waals surface area contributed by atoms with Gasteiger partial charge in [0.15, 0.2) is 0 Å². The minimum atomic E-state index is -3.53. The van der Waals surface area contributed by atoms with Gasteiger partial charge in [0.05, 0.1) is 4.90 Å². The van der Waals surface area contributed by atoms with Gasteiger partial charge in [-0.05, 0) is 56.0 Å². The van der Waals surface area contributed by atoms with E-state index in [1.807, 2.05) is 6.08 Å². The number of hydrogen-bond acceptors (Lipinski definition) is 3. The molecule has 0 bridgehead atoms. The molecular formula is C22H34N2O3S. The lowest BCUT2D eigenvalue weighted by Crippen LogP contribution is -2.34. The maximum Gasteiger partial charge on any atom is 0.250 e. The van der Waals surface area contributed by atoms with Gasteiger partial charge < -0.3 is 4.90 Å². The molecular weight excluding hydrogens is 372 g/mol. The predicted molar refractivity (Wildman–Crippen MR) is 115 cm³/mol. The van der Waals surface area contributed by atoms with E-state index in [4.69, 9.17) is 0 Å². The Labute approximate surface area is 170 Å². The second-order valence-electron chi connectivity index (χ2n) is 7.60. The standard InChI is InChI=1S/C22H34N2O3S/c1-3-4-5-6-11-14-22(25)24(2)20-15-17-21(18-16-20)28(26,27)23-19-12-9-7-8-10-13-19/h11,14-19,23H,3-10,12-13H2,1-2H3/b14-11+. The predicted octanol–water partition coefficient (Wildman–Crippen LogP) is 4.79. The number of carbonyl (C=O) groups is 1. The van der Waals surface area contributed by atoms with Gasteiger partial charge in [0.1, 0.15) is 0 Å². The van der Waals surface area contributed by atoms with Crippen molar-refractivity contribution in [3.63, 3.8) is 0 Å². The number of unbranched alkanes of at least 4 members (excludes halogenated alkanes) is 3. The van der Waals surface area contributed by atoms with Gasteiger partial charge in [-0.1, -0.05) is 51.5 Å². The number of nitrogens with one attached hydrogen (secondary N) is 1. The van der Waals surface area contributed by atoms with Gasteiger partial charge in [-0.3, -0.25) is 4.79 Å². The number of allylic oxidation sites excluding steroid dienone is 1.